The van der Waals surface area contributed by atoms with Gasteiger partial charge in [0.15, 0.2) is 0 Å². The Morgan fingerprint density at radius 2 is 2.00 bits per heavy atom. The largest absolute Gasteiger partial charge is 1.00 e. The minimum Gasteiger partial charge on any atom is -0.530 e. The number of epoxide rings is 1. The summed E-state index contributed by atoms with van der Waals surface area (Å²) in [6.45, 7) is 3.73. The van der Waals surface area contributed by atoms with Crippen LogP contribution < -0.4 is 18.9 Å². The zero-order valence-corrected chi connectivity index (χ0v) is 5.36. The maximum Gasteiger partial charge on any atom is 1.00 e. The first-order valence-electron chi connectivity index (χ1n) is 2.13. The van der Waals surface area contributed by atoms with Gasteiger partial charge in [-0.1, -0.05) is 19.9 Å². The van der Waals surface area contributed by atoms with Gasteiger partial charge in [0.05, 0.1) is 0 Å². The molecule has 1 saturated heterocycles. The van der Waals surface area contributed by atoms with E-state index in [0.29, 0.717) is 6.10 Å². The summed E-state index contributed by atoms with van der Waals surface area (Å²) in [4.78, 5) is 0. The van der Waals surface area contributed by atoms with E-state index in [1.165, 1.54) is 0 Å². The van der Waals surface area contributed by atoms with Gasteiger partial charge in [-0.15, -0.1) is 6.10 Å². The molecule has 0 aromatic rings. The summed E-state index contributed by atoms with van der Waals surface area (Å²) >= 11 is 0. The Morgan fingerprint density at radius 3 is 2.00 bits per heavy atom. The Hall–Kier alpha value is -0.0826. The standard InChI is InChI=1S/C5H6NO.Li/c1-5(2)4(3-6)7-5;/h1-2H3;/q-1;+1. The molecule has 0 amide bonds. The van der Waals surface area contributed by atoms with Crippen LogP contribution in [0.15, 0.2) is 0 Å². The molecule has 2 nitrogen and oxygen atoms in total. The van der Waals surface area contributed by atoms with E-state index in [9.17, 15) is 0 Å². The van der Waals surface area contributed by atoms with Crippen molar-refractivity contribution in [1.29, 1.82) is 5.26 Å². The first kappa shape index (κ1) is 7.92. The number of hydrogen-bond acceptors (Lipinski definition) is 2. The van der Waals surface area contributed by atoms with E-state index in [4.69, 9.17) is 10.00 Å². The minimum absolute atomic E-state index is 0. The van der Waals surface area contributed by atoms with Crippen molar-refractivity contribution < 1.29 is 23.6 Å². The molecule has 38 valence electrons. The molecule has 1 fully saturated rings. The van der Waals surface area contributed by atoms with Crippen LogP contribution in [-0.2, 0) is 4.74 Å². The molecule has 0 aromatic heterocycles. The Bertz CT molecular complexity index is 127. The number of nitriles is 1. The Morgan fingerprint density at radius 1 is 1.62 bits per heavy atom. The van der Waals surface area contributed by atoms with E-state index in [1.807, 2.05) is 19.9 Å². The van der Waals surface area contributed by atoms with Gasteiger partial charge in [0, 0.05) is 0 Å². The van der Waals surface area contributed by atoms with Gasteiger partial charge in [0.1, 0.15) is 0 Å². The van der Waals surface area contributed by atoms with Gasteiger partial charge >= 0.3 is 18.9 Å². The normalized spacial score (nSPS) is 20.9. The van der Waals surface area contributed by atoms with E-state index in [2.05, 4.69) is 0 Å². The molecule has 8 heavy (non-hydrogen) atoms. The van der Waals surface area contributed by atoms with E-state index >= 15 is 0 Å². The molecule has 0 saturated carbocycles. The second kappa shape index (κ2) is 2.03. The van der Waals surface area contributed by atoms with Crippen molar-refractivity contribution in [2.24, 2.45) is 0 Å². The van der Waals surface area contributed by atoms with Crippen molar-refractivity contribution in [1.82, 2.24) is 0 Å². The SMILES string of the molecule is CC1(C)O[C-]1C#N.[Li+]. The average Bonchev–Trinajstić information content (AvgIpc) is 2.13. The van der Waals surface area contributed by atoms with Crippen molar-refractivity contribution in [2.45, 2.75) is 19.4 Å². The molecule has 0 N–H and O–H groups in total. The van der Waals surface area contributed by atoms with Crippen molar-refractivity contribution in [3.05, 3.63) is 6.10 Å². The zero-order valence-electron chi connectivity index (χ0n) is 5.36. The molecule has 0 spiro atoms. The summed E-state index contributed by atoms with van der Waals surface area (Å²) in [5.74, 6) is 0. The molecule has 0 aromatic carbocycles. The predicted molar refractivity (Wildman–Crippen MR) is 24.0 cm³/mol. The summed E-state index contributed by atoms with van der Waals surface area (Å²) in [5.41, 5.74) is -0.227. The van der Waals surface area contributed by atoms with Crippen molar-refractivity contribution >= 4 is 0 Å². The summed E-state index contributed by atoms with van der Waals surface area (Å²) in [6.07, 6.45) is 0.549. The quantitative estimate of drug-likeness (QED) is 0.199. The zero-order chi connectivity index (χ0) is 5.49. The number of ether oxygens (including phenoxy) is 1. The molecule has 1 rings (SSSR count). The maximum absolute atomic E-state index is 8.13. The topological polar surface area (TPSA) is 36.3 Å². The molecule has 0 radical (unpaired) electrons. The van der Waals surface area contributed by atoms with Gasteiger partial charge in [0.25, 0.3) is 0 Å². The van der Waals surface area contributed by atoms with Crippen LogP contribution >= 0.6 is 0 Å². The van der Waals surface area contributed by atoms with Crippen LogP contribution in [0.25, 0.3) is 0 Å². The van der Waals surface area contributed by atoms with Crippen LogP contribution in [0.4, 0.5) is 0 Å². The monoisotopic (exact) mass is 103 g/mol. The van der Waals surface area contributed by atoms with Crippen LogP contribution in [0, 0.1) is 17.4 Å². The smallest absolute Gasteiger partial charge is 0.530 e. The van der Waals surface area contributed by atoms with Gasteiger partial charge in [-0.05, 0) is 5.60 Å². The minimum atomic E-state index is -0.227. The molecular formula is C5H6LiNO. The third kappa shape index (κ3) is 1.20. The summed E-state index contributed by atoms with van der Waals surface area (Å²) in [5, 5.41) is 8.13. The molecule has 1 heterocycles. The molecule has 0 unspecified atom stereocenters. The Balaban J connectivity index is 0.000000490. The Labute approximate surface area is 61.0 Å². The van der Waals surface area contributed by atoms with Crippen molar-refractivity contribution in [2.75, 3.05) is 0 Å². The fourth-order valence-corrected chi connectivity index (χ4v) is 0.387. The molecule has 0 bridgehead atoms. The second-order valence-corrected chi connectivity index (χ2v) is 2.05. The fraction of sp³-hybridized carbons (Fsp3) is 0.600. The van der Waals surface area contributed by atoms with E-state index < -0.39 is 0 Å². The summed E-state index contributed by atoms with van der Waals surface area (Å²) in [7, 11) is 0. The van der Waals surface area contributed by atoms with E-state index in [1.54, 1.807) is 0 Å². The van der Waals surface area contributed by atoms with Gasteiger partial charge in [-0.3, -0.25) is 0 Å². The van der Waals surface area contributed by atoms with Crippen LogP contribution in [0.2, 0.25) is 0 Å². The van der Waals surface area contributed by atoms with Crippen LogP contribution in [-0.4, -0.2) is 5.60 Å². The molecule has 1 aliphatic rings. The number of rotatable bonds is 0. The number of hydrogen-bond donors (Lipinski definition) is 0. The van der Waals surface area contributed by atoms with E-state index in [0.717, 1.165) is 0 Å². The van der Waals surface area contributed by atoms with Gasteiger partial charge < -0.3 is 4.74 Å². The molecule has 0 atom stereocenters. The maximum atomic E-state index is 8.13. The fourth-order valence-electron chi connectivity index (χ4n) is 0.387. The average molecular weight is 103 g/mol. The first-order chi connectivity index (χ1) is 3.17. The first-order valence-corrected chi connectivity index (χ1v) is 2.13. The molecule has 0 aliphatic carbocycles. The van der Waals surface area contributed by atoms with E-state index in [-0.39, 0.29) is 24.5 Å². The van der Waals surface area contributed by atoms with Crippen LogP contribution in [0.3, 0.4) is 0 Å². The Kier molecular flexibility index (Phi) is 2.01. The van der Waals surface area contributed by atoms with Gasteiger partial charge in [-0.2, -0.15) is 0 Å². The molecule has 1 aliphatic heterocycles. The predicted octanol–water partition coefficient (Wildman–Crippen LogP) is -2.15. The molecular weight excluding hydrogens is 97.0 g/mol. The third-order valence-electron chi connectivity index (χ3n) is 0.964. The van der Waals surface area contributed by atoms with Gasteiger partial charge in [0.2, 0.25) is 0 Å². The van der Waals surface area contributed by atoms with Crippen LogP contribution in [0.1, 0.15) is 13.8 Å². The molecule has 3 heteroatoms. The van der Waals surface area contributed by atoms with Crippen molar-refractivity contribution in [3.63, 3.8) is 0 Å². The van der Waals surface area contributed by atoms with Crippen LogP contribution in [0.5, 0.6) is 0 Å². The summed E-state index contributed by atoms with van der Waals surface area (Å²) < 4.78 is 4.81. The van der Waals surface area contributed by atoms with Crippen molar-refractivity contribution in [3.8, 4) is 6.07 Å². The second-order valence-electron chi connectivity index (χ2n) is 2.05. The third-order valence-corrected chi connectivity index (χ3v) is 0.964. The van der Waals surface area contributed by atoms with Gasteiger partial charge in [-0.25, -0.2) is 5.26 Å². The summed E-state index contributed by atoms with van der Waals surface area (Å²) in [6, 6.07) is 1.92. The number of nitrogens with zero attached hydrogens (tertiary/aromatic N) is 1.